The van der Waals surface area contributed by atoms with Gasteiger partial charge in [0, 0.05) is 16.8 Å². The van der Waals surface area contributed by atoms with Crippen molar-refractivity contribution in [3.05, 3.63) is 23.3 Å². The SMILES string of the molecule is CC(C)C(C)(C)c1cc(N)cc(C(C)(C)C(C)C)c1O. The zero-order chi connectivity index (χ0) is 15.9. The number of phenols is 1. The highest BCUT2D eigenvalue weighted by molar-refractivity contribution is 5.57. The molecule has 0 saturated heterocycles. The van der Waals surface area contributed by atoms with Crippen LogP contribution >= 0.6 is 0 Å². The van der Waals surface area contributed by atoms with E-state index in [1.54, 1.807) is 0 Å². The molecule has 0 aliphatic carbocycles. The Morgan fingerprint density at radius 3 is 1.40 bits per heavy atom. The van der Waals surface area contributed by atoms with Crippen molar-refractivity contribution in [2.75, 3.05) is 5.73 Å². The summed E-state index contributed by atoms with van der Waals surface area (Å²) in [6, 6.07) is 3.85. The molecule has 0 radical (unpaired) electrons. The molecular formula is C18H31NO. The Bertz CT molecular complexity index is 443. The van der Waals surface area contributed by atoms with Crippen LogP contribution in [0, 0.1) is 11.8 Å². The lowest BCUT2D eigenvalue weighted by atomic mass is 9.69. The summed E-state index contributed by atoms with van der Waals surface area (Å²) in [6.45, 7) is 17.4. The van der Waals surface area contributed by atoms with Crippen LogP contribution in [0.2, 0.25) is 0 Å². The largest absolute Gasteiger partial charge is 0.507 e. The number of rotatable bonds is 4. The van der Waals surface area contributed by atoms with Crippen molar-refractivity contribution in [2.45, 2.75) is 66.2 Å². The van der Waals surface area contributed by atoms with Crippen molar-refractivity contribution in [1.29, 1.82) is 0 Å². The number of hydrogen-bond acceptors (Lipinski definition) is 2. The van der Waals surface area contributed by atoms with Crippen LogP contribution in [0.3, 0.4) is 0 Å². The van der Waals surface area contributed by atoms with Crippen molar-refractivity contribution >= 4 is 5.69 Å². The topological polar surface area (TPSA) is 46.2 Å². The second-order valence-electron chi connectivity index (χ2n) is 7.72. The van der Waals surface area contributed by atoms with Crippen molar-refractivity contribution in [3.63, 3.8) is 0 Å². The molecule has 2 nitrogen and oxygen atoms in total. The summed E-state index contributed by atoms with van der Waals surface area (Å²) in [5.74, 6) is 1.26. The van der Waals surface area contributed by atoms with E-state index in [0.717, 1.165) is 16.8 Å². The Kier molecular flexibility index (Phi) is 4.48. The molecule has 0 aliphatic heterocycles. The quantitative estimate of drug-likeness (QED) is 0.611. The lowest BCUT2D eigenvalue weighted by molar-refractivity contribution is 0.328. The second-order valence-corrected chi connectivity index (χ2v) is 7.72. The standard InChI is InChI=1S/C18H31NO/c1-11(2)17(5,6)14-9-13(19)10-15(16(14)20)18(7,8)12(3)4/h9-12,20H,19H2,1-8H3. The predicted molar refractivity (Wildman–Crippen MR) is 88.2 cm³/mol. The lowest BCUT2D eigenvalue weighted by Gasteiger charge is -2.36. The summed E-state index contributed by atoms with van der Waals surface area (Å²) >= 11 is 0. The van der Waals surface area contributed by atoms with Crippen LogP contribution in [0.1, 0.15) is 66.5 Å². The average molecular weight is 277 g/mol. The van der Waals surface area contributed by atoms with Gasteiger partial charge in [0.25, 0.3) is 0 Å². The first-order valence-electron chi connectivity index (χ1n) is 7.55. The first-order valence-corrected chi connectivity index (χ1v) is 7.55. The maximum atomic E-state index is 10.8. The number of nitrogens with two attached hydrogens (primary N) is 1. The molecular weight excluding hydrogens is 246 g/mol. The Morgan fingerprint density at radius 1 is 0.850 bits per heavy atom. The summed E-state index contributed by atoms with van der Waals surface area (Å²) in [5, 5.41) is 10.8. The van der Waals surface area contributed by atoms with E-state index in [9.17, 15) is 5.11 Å². The normalized spacial score (nSPS) is 13.3. The minimum absolute atomic E-state index is 0.110. The van der Waals surface area contributed by atoms with E-state index in [2.05, 4.69) is 55.4 Å². The molecule has 0 fully saturated rings. The first kappa shape index (κ1) is 16.9. The van der Waals surface area contributed by atoms with Crippen LogP contribution in [0.25, 0.3) is 0 Å². The number of anilines is 1. The third-order valence-corrected chi connectivity index (χ3v) is 5.41. The predicted octanol–water partition coefficient (Wildman–Crippen LogP) is 4.84. The number of nitrogen functional groups attached to an aromatic ring is 1. The van der Waals surface area contributed by atoms with Gasteiger partial charge in [0.15, 0.2) is 0 Å². The second kappa shape index (κ2) is 5.31. The number of hydrogen-bond donors (Lipinski definition) is 2. The van der Waals surface area contributed by atoms with Crippen LogP contribution in [0.15, 0.2) is 12.1 Å². The molecule has 0 saturated carbocycles. The van der Waals surface area contributed by atoms with E-state index in [0.29, 0.717) is 17.6 Å². The van der Waals surface area contributed by atoms with Gasteiger partial charge >= 0.3 is 0 Å². The zero-order valence-electron chi connectivity index (χ0n) is 14.3. The number of benzene rings is 1. The molecule has 20 heavy (non-hydrogen) atoms. The molecule has 1 aromatic carbocycles. The Morgan fingerprint density at radius 2 is 1.15 bits per heavy atom. The molecule has 0 unspecified atom stereocenters. The molecule has 114 valence electrons. The third-order valence-electron chi connectivity index (χ3n) is 5.41. The van der Waals surface area contributed by atoms with E-state index < -0.39 is 0 Å². The van der Waals surface area contributed by atoms with Crippen molar-refractivity contribution in [2.24, 2.45) is 11.8 Å². The summed E-state index contributed by atoms with van der Waals surface area (Å²) < 4.78 is 0. The summed E-state index contributed by atoms with van der Waals surface area (Å²) in [5.41, 5.74) is 8.53. The highest BCUT2D eigenvalue weighted by Crippen LogP contribution is 2.45. The molecule has 0 aliphatic rings. The highest BCUT2D eigenvalue weighted by Gasteiger charge is 2.34. The highest BCUT2D eigenvalue weighted by atomic mass is 16.3. The monoisotopic (exact) mass is 277 g/mol. The molecule has 0 heterocycles. The van der Waals surface area contributed by atoms with Crippen molar-refractivity contribution < 1.29 is 5.11 Å². The van der Waals surface area contributed by atoms with Crippen molar-refractivity contribution in [1.82, 2.24) is 0 Å². The Labute approximate surface area is 124 Å². The minimum atomic E-state index is -0.110. The zero-order valence-corrected chi connectivity index (χ0v) is 14.3. The maximum absolute atomic E-state index is 10.8. The van der Waals surface area contributed by atoms with E-state index in [1.165, 1.54) is 0 Å². The number of phenolic OH excluding ortho intramolecular Hbond substituents is 1. The summed E-state index contributed by atoms with van der Waals surface area (Å²) in [4.78, 5) is 0. The van der Waals surface area contributed by atoms with Gasteiger partial charge in [0.2, 0.25) is 0 Å². The van der Waals surface area contributed by atoms with Crippen LogP contribution in [-0.2, 0) is 10.8 Å². The van der Waals surface area contributed by atoms with Gasteiger partial charge in [-0.3, -0.25) is 0 Å². The van der Waals surface area contributed by atoms with Crippen LogP contribution < -0.4 is 5.73 Å². The fourth-order valence-corrected chi connectivity index (χ4v) is 2.26. The average Bonchev–Trinajstić information content (AvgIpc) is 2.30. The van der Waals surface area contributed by atoms with E-state index in [4.69, 9.17) is 5.73 Å². The van der Waals surface area contributed by atoms with Gasteiger partial charge in [-0.2, -0.15) is 0 Å². The first-order chi connectivity index (χ1) is 8.92. The van der Waals surface area contributed by atoms with Gasteiger partial charge < -0.3 is 10.8 Å². The third kappa shape index (κ3) is 2.79. The van der Waals surface area contributed by atoms with Gasteiger partial charge in [0.05, 0.1) is 0 Å². The molecule has 2 heteroatoms. The van der Waals surface area contributed by atoms with Gasteiger partial charge in [-0.15, -0.1) is 0 Å². The molecule has 3 N–H and O–H groups in total. The Hall–Kier alpha value is -1.18. The molecule has 1 aromatic rings. The van der Waals surface area contributed by atoms with Crippen LogP contribution in [0.5, 0.6) is 5.75 Å². The van der Waals surface area contributed by atoms with E-state index in [1.807, 2.05) is 12.1 Å². The Balaban J connectivity index is 3.57. The number of aromatic hydroxyl groups is 1. The van der Waals surface area contributed by atoms with Gasteiger partial charge in [-0.1, -0.05) is 55.4 Å². The van der Waals surface area contributed by atoms with E-state index >= 15 is 0 Å². The maximum Gasteiger partial charge on any atom is 0.123 e. The fraction of sp³-hybridized carbons (Fsp3) is 0.667. The van der Waals surface area contributed by atoms with Gasteiger partial charge in [0.1, 0.15) is 5.75 Å². The van der Waals surface area contributed by atoms with Crippen LogP contribution in [-0.4, -0.2) is 5.11 Å². The molecule has 0 amide bonds. The van der Waals surface area contributed by atoms with E-state index in [-0.39, 0.29) is 10.8 Å². The lowest BCUT2D eigenvalue weighted by Crippen LogP contribution is -2.28. The smallest absolute Gasteiger partial charge is 0.123 e. The fourth-order valence-electron chi connectivity index (χ4n) is 2.26. The van der Waals surface area contributed by atoms with Crippen molar-refractivity contribution in [3.8, 4) is 5.75 Å². The molecule has 1 rings (SSSR count). The van der Waals surface area contributed by atoms with Gasteiger partial charge in [-0.05, 0) is 34.8 Å². The van der Waals surface area contributed by atoms with Gasteiger partial charge in [-0.25, -0.2) is 0 Å². The van der Waals surface area contributed by atoms with Crippen LogP contribution in [0.4, 0.5) is 5.69 Å². The summed E-state index contributed by atoms with van der Waals surface area (Å²) in [7, 11) is 0. The molecule has 0 bridgehead atoms. The molecule has 0 atom stereocenters. The minimum Gasteiger partial charge on any atom is -0.507 e. The molecule has 0 spiro atoms. The molecule has 0 aromatic heterocycles. The summed E-state index contributed by atoms with van der Waals surface area (Å²) in [6.07, 6.45) is 0.